The first kappa shape index (κ1) is 17.1. The van der Waals surface area contributed by atoms with Crippen molar-refractivity contribution in [3.05, 3.63) is 21.0 Å². The minimum Gasteiger partial charge on any atom is -0.383 e. The van der Waals surface area contributed by atoms with Gasteiger partial charge >= 0.3 is 0 Å². The van der Waals surface area contributed by atoms with Crippen LogP contribution in [0.15, 0.2) is 15.5 Å². The van der Waals surface area contributed by atoms with E-state index in [1.54, 1.807) is 0 Å². The molecule has 0 fully saturated rings. The molecular weight excluding hydrogens is 352 g/mol. The molecule has 1 rings (SSSR count). The molecule has 0 saturated carbocycles. The number of anilines is 1. The molecule has 1 aromatic rings. The third-order valence-electron chi connectivity index (χ3n) is 2.49. The van der Waals surface area contributed by atoms with Crippen molar-refractivity contribution in [1.82, 2.24) is 14.5 Å². The van der Waals surface area contributed by atoms with Gasteiger partial charge in [-0.05, 0) is 23.0 Å². The maximum Gasteiger partial charge on any atom is 0.283 e. The fourth-order valence-corrected chi connectivity index (χ4v) is 2.37. The molecule has 0 amide bonds. The summed E-state index contributed by atoms with van der Waals surface area (Å²) in [5.41, 5.74) is 0.151. The Morgan fingerprint density at radius 2 is 2.20 bits per heavy atom. The Labute approximate surface area is 125 Å². The summed E-state index contributed by atoms with van der Waals surface area (Å²) in [6.07, 6.45) is 1.47. The summed E-state index contributed by atoms with van der Waals surface area (Å²) in [5, 5.41) is 6.83. The van der Waals surface area contributed by atoms with E-state index in [1.807, 2.05) is 0 Å². The van der Waals surface area contributed by atoms with Gasteiger partial charge in [-0.15, -0.1) is 0 Å². The topological polar surface area (TPSA) is 102 Å². The molecule has 0 saturated heterocycles. The molecule has 2 N–H and O–H groups in total. The first-order chi connectivity index (χ1) is 9.41. The van der Waals surface area contributed by atoms with Crippen molar-refractivity contribution in [2.45, 2.75) is 6.54 Å². The van der Waals surface area contributed by atoms with Crippen molar-refractivity contribution in [1.29, 1.82) is 0 Å². The largest absolute Gasteiger partial charge is 0.383 e. The molecule has 0 radical (unpaired) electrons. The van der Waals surface area contributed by atoms with Gasteiger partial charge in [0.1, 0.15) is 4.47 Å². The van der Waals surface area contributed by atoms with Crippen molar-refractivity contribution < 1.29 is 13.2 Å². The summed E-state index contributed by atoms with van der Waals surface area (Å²) in [6.45, 7) is 0.903. The van der Waals surface area contributed by atoms with Gasteiger partial charge in [0.2, 0.25) is 10.0 Å². The van der Waals surface area contributed by atoms with Crippen LogP contribution in [0.3, 0.4) is 0 Å². The fraction of sp³-hybridized carbons (Fsp3) is 0.600. The number of methoxy groups -OCH3 is 1. The van der Waals surface area contributed by atoms with Crippen molar-refractivity contribution in [3.8, 4) is 0 Å². The predicted octanol–water partition coefficient (Wildman–Crippen LogP) is -0.387. The summed E-state index contributed by atoms with van der Waals surface area (Å²) in [4.78, 5) is 11.9. The van der Waals surface area contributed by atoms with E-state index in [2.05, 4.69) is 31.1 Å². The second kappa shape index (κ2) is 7.72. The smallest absolute Gasteiger partial charge is 0.283 e. The van der Waals surface area contributed by atoms with E-state index in [0.717, 1.165) is 0 Å². The second-order valence-electron chi connectivity index (χ2n) is 3.84. The average molecular weight is 369 g/mol. The van der Waals surface area contributed by atoms with Crippen LogP contribution in [0.25, 0.3) is 0 Å². The Kier molecular flexibility index (Phi) is 6.59. The molecule has 0 aliphatic heterocycles. The molecule has 8 nitrogen and oxygen atoms in total. The Hall–Kier alpha value is -0.970. The number of aromatic nitrogens is 2. The number of hydrogen-bond donors (Lipinski definition) is 2. The number of nitrogens with one attached hydrogen (secondary N) is 2. The van der Waals surface area contributed by atoms with Gasteiger partial charge in [-0.1, -0.05) is 0 Å². The number of rotatable bonds is 8. The van der Waals surface area contributed by atoms with Crippen LogP contribution in [-0.4, -0.2) is 51.3 Å². The van der Waals surface area contributed by atoms with Crippen LogP contribution >= 0.6 is 15.9 Å². The zero-order chi connectivity index (χ0) is 15.2. The van der Waals surface area contributed by atoms with Gasteiger partial charge in [0, 0.05) is 13.7 Å². The maximum absolute atomic E-state index is 11.9. The lowest BCUT2D eigenvalue weighted by Gasteiger charge is -2.10. The number of hydrogen-bond acceptors (Lipinski definition) is 6. The van der Waals surface area contributed by atoms with Crippen LogP contribution in [0.2, 0.25) is 0 Å². The van der Waals surface area contributed by atoms with Crippen LogP contribution in [0.5, 0.6) is 0 Å². The molecule has 114 valence electrons. The van der Waals surface area contributed by atoms with Gasteiger partial charge in [0.05, 0.1) is 30.8 Å². The maximum atomic E-state index is 11.9. The highest BCUT2D eigenvalue weighted by Crippen LogP contribution is 2.15. The lowest BCUT2D eigenvalue weighted by molar-refractivity contribution is 0.181. The number of sulfonamides is 1. The van der Waals surface area contributed by atoms with Gasteiger partial charge in [0.25, 0.3) is 5.56 Å². The first-order valence-corrected chi connectivity index (χ1v) is 8.25. The fourth-order valence-electron chi connectivity index (χ4n) is 1.35. The Balaban J connectivity index is 2.73. The van der Waals surface area contributed by atoms with E-state index in [0.29, 0.717) is 23.3 Å². The van der Waals surface area contributed by atoms with Gasteiger partial charge in [0.15, 0.2) is 0 Å². The quantitative estimate of drug-likeness (QED) is 0.647. The van der Waals surface area contributed by atoms with Gasteiger partial charge in [-0.25, -0.2) is 17.8 Å². The van der Waals surface area contributed by atoms with Crippen LogP contribution in [-0.2, 0) is 21.3 Å². The zero-order valence-electron chi connectivity index (χ0n) is 11.2. The van der Waals surface area contributed by atoms with Crippen molar-refractivity contribution in [2.75, 3.05) is 38.4 Å². The molecule has 0 atom stereocenters. The lowest BCUT2D eigenvalue weighted by atomic mass is 10.4. The van der Waals surface area contributed by atoms with E-state index in [-0.39, 0.29) is 17.9 Å². The van der Waals surface area contributed by atoms with Crippen LogP contribution in [0.1, 0.15) is 0 Å². The van der Waals surface area contributed by atoms with E-state index in [4.69, 9.17) is 4.74 Å². The van der Waals surface area contributed by atoms with E-state index in [1.165, 1.54) is 25.0 Å². The molecule has 0 spiro atoms. The second-order valence-corrected chi connectivity index (χ2v) is 6.68. The van der Waals surface area contributed by atoms with Gasteiger partial charge in [-0.2, -0.15) is 5.10 Å². The summed E-state index contributed by atoms with van der Waals surface area (Å²) in [6, 6.07) is 0. The molecule has 20 heavy (non-hydrogen) atoms. The summed E-state index contributed by atoms with van der Waals surface area (Å²) in [5.74, 6) is -0.0945. The van der Waals surface area contributed by atoms with E-state index in [9.17, 15) is 13.2 Å². The third-order valence-corrected chi connectivity index (χ3v) is 4.62. The zero-order valence-corrected chi connectivity index (χ0v) is 13.6. The molecule has 0 unspecified atom stereocenters. The summed E-state index contributed by atoms with van der Waals surface area (Å²) in [7, 11) is -0.390. The Morgan fingerprint density at radius 1 is 1.50 bits per heavy atom. The molecule has 0 aliphatic carbocycles. The Bertz CT molecular complexity index is 602. The van der Waals surface area contributed by atoms with E-state index >= 15 is 0 Å². The SMILES string of the molecule is CNS(=O)(=O)CCNc1cnn(CCOC)c(=O)c1Br. The number of nitrogens with zero attached hydrogens (tertiary/aromatic N) is 2. The van der Waals surface area contributed by atoms with Crippen LogP contribution in [0.4, 0.5) is 5.69 Å². The highest BCUT2D eigenvalue weighted by Gasteiger charge is 2.10. The highest BCUT2D eigenvalue weighted by atomic mass is 79.9. The van der Waals surface area contributed by atoms with Crippen molar-refractivity contribution in [2.24, 2.45) is 0 Å². The van der Waals surface area contributed by atoms with Gasteiger partial charge in [-0.3, -0.25) is 4.79 Å². The average Bonchev–Trinajstić information content (AvgIpc) is 2.42. The number of ether oxygens (including phenoxy) is 1. The van der Waals surface area contributed by atoms with Crippen LogP contribution in [0, 0.1) is 0 Å². The van der Waals surface area contributed by atoms with Crippen molar-refractivity contribution in [3.63, 3.8) is 0 Å². The minimum absolute atomic E-state index is 0.0945. The van der Waals surface area contributed by atoms with Gasteiger partial charge < -0.3 is 10.1 Å². The monoisotopic (exact) mass is 368 g/mol. The molecule has 0 bridgehead atoms. The lowest BCUT2D eigenvalue weighted by Crippen LogP contribution is -2.28. The highest BCUT2D eigenvalue weighted by molar-refractivity contribution is 9.10. The summed E-state index contributed by atoms with van der Waals surface area (Å²) < 4.78 is 31.2. The predicted molar refractivity (Wildman–Crippen MR) is 79.4 cm³/mol. The standard InChI is InChI=1S/C10H17BrN4O4S/c1-12-20(17,18)6-3-13-8-7-14-15(4-5-19-2)10(16)9(8)11/h7,12-13H,3-6H2,1-2H3. The van der Waals surface area contributed by atoms with Crippen molar-refractivity contribution >= 4 is 31.6 Å². The minimum atomic E-state index is -3.28. The summed E-state index contributed by atoms with van der Waals surface area (Å²) >= 11 is 3.18. The molecule has 1 heterocycles. The first-order valence-electron chi connectivity index (χ1n) is 5.81. The molecule has 10 heteroatoms. The van der Waals surface area contributed by atoms with E-state index < -0.39 is 10.0 Å². The third kappa shape index (κ3) is 4.85. The molecule has 0 aromatic carbocycles. The molecule has 0 aliphatic rings. The Morgan fingerprint density at radius 3 is 2.80 bits per heavy atom. The number of halogens is 1. The molecular formula is C10H17BrN4O4S. The molecule has 1 aromatic heterocycles. The normalized spacial score (nSPS) is 11.6. The van der Waals surface area contributed by atoms with Crippen LogP contribution < -0.4 is 15.6 Å².